The summed E-state index contributed by atoms with van der Waals surface area (Å²) in [5.41, 5.74) is 4.32. The Labute approximate surface area is 179 Å². The standard InChI is InChI=1S/C24H32N4O2/c1-19-8-7-9-20(2)24(19)25-22(29)17-27-12-14-28(15-13-27)23(30)18-26(3)16-21-10-5-4-6-11-21/h4-11H,12-18H2,1-3H3,(H,25,29)/p+2. The first kappa shape index (κ1) is 22.0. The van der Waals surface area contributed by atoms with Gasteiger partial charge in [0, 0.05) is 11.3 Å². The van der Waals surface area contributed by atoms with Crippen LogP contribution in [0.5, 0.6) is 0 Å². The largest absolute Gasteiger partial charge is 0.327 e. The summed E-state index contributed by atoms with van der Waals surface area (Å²) >= 11 is 0. The second-order valence-corrected chi connectivity index (χ2v) is 8.42. The molecule has 30 heavy (non-hydrogen) atoms. The Morgan fingerprint density at radius 1 is 1.00 bits per heavy atom. The molecule has 0 bridgehead atoms. The fourth-order valence-corrected chi connectivity index (χ4v) is 4.05. The first-order valence-corrected chi connectivity index (χ1v) is 10.7. The highest BCUT2D eigenvalue weighted by molar-refractivity contribution is 5.93. The number of rotatable bonds is 7. The van der Waals surface area contributed by atoms with Crippen molar-refractivity contribution in [2.24, 2.45) is 0 Å². The third kappa shape index (κ3) is 6.15. The van der Waals surface area contributed by atoms with E-state index in [4.69, 9.17) is 0 Å². The Balaban J connectivity index is 1.41. The lowest BCUT2D eigenvalue weighted by Crippen LogP contribution is -3.16. The maximum atomic E-state index is 12.7. The molecule has 1 saturated heterocycles. The second-order valence-electron chi connectivity index (χ2n) is 8.42. The highest BCUT2D eigenvalue weighted by Gasteiger charge is 2.27. The molecule has 1 fully saturated rings. The molecule has 6 nitrogen and oxygen atoms in total. The van der Waals surface area contributed by atoms with Crippen molar-refractivity contribution in [3.05, 3.63) is 65.2 Å². The number of hydrogen-bond donors (Lipinski definition) is 3. The summed E-state index contributed by atoms with van der Waals surface area (Å²) in [6.45, 7) is 8.84. The molecule has 160 valence electrons. The van der Waals surface area contributed by atoms with E-state index in [0.29, 0.717) is 26.2 Å². The number of carbonyl (C=O) groups excluding carboxylic acids is 2. The van der Waals surface area contributed by atoms with E-state index in [2.05, 4.69) is 24.5 Å². The zero-order valence-corrected chi connectivity index (χ0v) is 18.3. The first-order valence-electron chi connectivity index (χ1n) is 10.7. The highest BCUT2D eigenvalue weighted by Crippen LogP contribution is 2.18. The number of piperazine rings is 1. The summed E-state index contributed by atoms with van der Waals surface area (Å²) in [7, 11) is 2.06. The second kappa shape index (κ2) is 10.4. The van der Waals surface area contributed by atoms with Crippen LogP contribution in [-0.2, 0) is 16.1 Å². The lowest BCUT2D eigenvalue weighted by molar-refractivity contribution is -0.896. The SMILES string of the molecule is Cc1cccc(C)c1NC(=O)C[NH+]1CCN(C(=O)C[NH+](C)Cc2ccccc2)CC1. The molecule has 1 unspecified atom stereocenters. The molecule has 0 saturated carbocycles. The molecule has 1 aliphatic rings. The van der Waals surface area contributed by atoms with Gasteiger partial charge in [0.15, 0.2) is 13.1 Å². The molecule has 1 atom stereocenters. The van der Waals surface area contributed by atoms with E-state index < -0.39 is 0 Å². The number of hydrogen-bond acceptors (Lipinski definition) is 2. The third-order valence-electron chi connectivity index (χ3n) is 5.78. The number of carbonyl (C=O) groups is 2. The molecule has 3 rings (SSSR count). The number of benzene rings is 2. The van der Waals surface area contributed by atoms with E-state index in [1.54, 1.807) is 0 Å². The zero-order chi connectivity index (χ0) is 21.5. The fraction of sp³-hybridized carbons (Fsp3) is 0.417. The number of quaternary nitrogens is 2. The molecule has 0 aliphatic carbocycles. The van der Waals surface area contributed by atoms with E-state index >= 15 is 0 Å². The van der Waals surface area contributed by atoms with Gasteiger partial charge in [-0.2, -0.15) is 0 Å². The van der Waals surface area contributed by atoms with Crippen molar-refractivity contribution < 1.29 is 19.4 Å². The van der Waals surface area contributed by atoms with Gasteiger partial charge in [-0.1, -0.05) is 48.5 Å². The lowest BCUT2D eigenvalue weighted by Gasteiger charge is -2.32. The number of aryl methyl sites for hydroxylation is 2. The minimum atomic E-state index is 0.0363. The van der Waals surface area contributed by atoms with Gasteiger partial charge < -0.3 is 20.0 Å². The quantitative estimate of drug-likeness (QED) is 0.586. The van der Waals surface area contributed by atoms with Gasteiger partial charge in [-0.15, -0.1) is 0 Å². The van der Waals surface area contributed by atoms with Crippen molar-refractivity contribution in [2.45, 2.75) is 20.4 Å². The van der Waals surface area contributed by atoms with Gasteiger partial charge in [0.05, 0.1) is 33.2 Å². The number of para-hydroxylation sites is 1. The van der Waals surface area contributed by atoms with Crippen LogP contribution >= 0.6 is 0 Å². The van der Waals surface area contributed by atoms with Gasteiger partial charge in [-0.05, 0) is 25.0 Å². The molecule has 1 aliphatic heterocycles. The topological polar surface area (TPSA) is 58.3 Å². The third-order valence-corrected chi connectivity index (χ3v) is 5.78. The molecule has 1 heterocycles. The van der Waals surface area contributed by atoms with Gasteiger partial charge in [-0.3, -0.25) is 9.59 Å². The van der Waals surface area contributed by atoms with Crippen molar-refractivity contribution in [1.29, 1.82) is 0 Å². The molecule has 0 radical (unpaired) electrons. The molecule has 2 amide bonds. The van der Waals surface area contributed by atoms with Crippen molar-refractivity contribution in [3.63, 3.8) is 0 Å². The monoisotopic (exact) mass is 410 g/mol. The average Bonchev–Trinajstić information content (AvgIpc) is 2.72. The van der Waals surface area contributed by atoms with Gasteiger partial charge in [-0.25, -0.2) is 0 Å². The van der Waals surface area contributed by atoms with Crippen molar-refractivity contribution in [2.75, 3.05) is 51.6 Å². The van der Waals surface area contributed by atoms with Crippen LogP contribution in [0.1, 0.15) is 16.7 Å². The Morgan fingerprint density at radius 2 is 1.63 bits per heavy atom. The van der Waals surface area contributed by atoms with Crippen molar-refractivity contribution >= 4 is 17.5 Å². The van der Waals surface area contributed by atoms with E-state index in [1.165, 1.54) is 15.4 Å². The molecule has 0 aromatic heterocycles. The normalized spacial score (nSPS) is 15.6. The summed E-state index contributed by atoms with van der Waals surface area (Å²) in [6, 6.07) is 16.3. The van der Waals surface area contributed by atoms with Gasteiger partial charge in [0.25, 0.3) is 11.8 Å². The van der Waals surface area contributed by atoms with Crippen LogP contribution in [0.4, 0.5) is 5.69 Å². The summed E-state index contributed by atoms with van der Waals surface area (Å²) in [5.74, 6) is 0.233. The van der Waals surface area contributed by atoms with E-state index in [0.717, 1.165) is 36.4 Å². The minimum Gasteiger partial charge on any atom is -0.327 e. The summed E-state index contributed by atoms with van der Waals surface area (Å²) in [6.07, 6.45) is 0. The van der Waals surface area contributed by atoms with Crippen molar-refractivity contribution in [1.82, 2.24) is 4.90 Å². The molecule has 2 aromatic rings. The molecule has 6 heteroatoms. The van der Waals surface area contributed by atoms with Crippen molar-refractivity contribution in [3.8, 4) is 0 Å². The van der Waals surface area contributed by atoms with Gasteiger partial charge in [0.1, 0.15) is 6.54 Å². The maximum Gasteiger partial charge on any atom is 0.279 e. The van der Waals surface area contributed by atoms with Crippen LogP contribution in [0.15, 0.2) is 48.5 Å². The highest BCUT2D eigenvalue weighted by atomic mass is 16.2. The predicted molar refractivity (Wildman–Crippen MR) is 119 cm³/mol. The van der Waals surface area contributed by atoms with E-state index in [-0.39, 0.29) is 11.8 Å². The van der Waals surface area contributed by atoms with E-state index in [9.17, 15) is 9.59 Å². The van der Waals surface area contributed by atoms with Crippen LogP contribution in [0.3, 0.4) is 0 Å². The molecular weight excluding hydrogens is 376 g/mol. The zero-order valence-electron chi connectivity index (χ0n) is 18.3. The Bertz CT molecular complexity index is 841. The summed E-state index contributed by atoms with van der Waals surface area (Å²) < 4.78 is 0. The number of nitrogens with zero attached hydrogens (tertiary/aromatic N) is 1. The molecular formula is C24H34N4O2+2. The fourth-order valence-electron chi connectivity index (χ4n) is 4.05. The summed E-state index contributed by atoms with van der Waals surface area (Å²) in [4.78, 5) is 29.5. The van der Waals surface area contributed by atoms with Crippen LogP contribution in [0, 0.1) is 13.8 Å². The molecule has 0 spiro atoms. The molecule has 2 aromatic carbocycles. The lowest BCUT2D eigenvalue weighted by atomic mass is 10.1. The number of likely N-dealkylation sites (N-methyl/N-ethyl adjacent to an activating group) is 1. The van der Waals surface area contributed by atoms with Crippen LogP contribution in [0.25, 0.3) is 0 Å². The minimum absolute atomic E-state index is 0.0363. The number of anilines is 1. The van der Waals surface area contributed by atoms with Gasteiger partial charge >= 0.3 is 0 Å². The van der Waals surface area contributed by atoms with Crippen LogP contribution in [0.2, 0.25) is 0 Å². The first-order chi connectivity index (χ1) is 14.4. The van der Waals surface area contributed by atoms with Crippen LogP contribution < -0.4 is 15.1 Å². The van der Waals surface area contributed by atoms with Crippen LogP contribution in [-0.4, -0.2) is 63.0 Å². The number of nitrogens with one attached hydrogen (secondary N) is 3. The average molecular weight is 411 g/mol. The molecule has 3 N–H and O–H groups in total. The smallest absolute Gasteiger partial charge is 0.279 e. The Morgan fingerprint density at radius 3 is 2.27 bits per heavy atom. The van der Waals surface area contributed by atoms with E-state index in [1.807, 2.05) is 55.1 Å². The Hall–Kier alpha value is -2.70. The Kier molecular flexibility index (Phi) is 7.60. The maximum absolute atomic E-state index is 12.7. The summed E-state index contributed by atoms with van der Waals surface area (Å²) in [5, 5.41) is 3.07. The predicted octanol–water partition coefficient (Wildman–Crippen LogP) is -0.316. The van der Waals surface area contributed by atoms with Gasteiger partial charge in [0.2, 0.25) is 0 Å². The number of amides is 2.